The number of allylic oxidation sites excluding steroid dienone is 2. The van der Waals surface area contributed by atoms with Crippen LogP contribution in [-0.4, -0.2) is 88.0 Å². The van der Waals surface area contributed by atoms with Crippen LogP contribution in [0.25, 0.3) is 0 Å². The molecule has 1 spiro atoms. The van der Waals surface area contributed by atoms with Gasteiger partial charge in [-0.3, -0.25) is 4.79 Å². The van der Waals surface area contributed by atoms with Gasteiger partial charge in [-0.2, -0.15) is 0 Å². The van der Waals surface area contributed by atoms with E-state index in [0.29, 0.717) is 42.4 Å². The molecular weight excluding hydrogens is 538 g/mol. The van der Waals surface area contributed by atoms with Crippen LogP contribution in [0.3, 0.4) is 0 Å². The van der Waals surface area contributed by atoms with Crippen LogP contribution in [0.2, 0.25) is 0 Å². The largest absolute Gasteiger partial charge is 0.396 e. The van der Waals surface area contributed by atoms with Crippen LogP contribution in [0.4, 0.5) is 0 Å². The summed E-state index contributed by atoms with van der Waals surface area (Å²) >= 11 is 0. The average Bonchev–Trinajstić information content (AvgIpc) is 3.41. The van der Waals surface area contributed by atoms with Gasteiger partial charge in [-0.05, 0) is 87.2 Å². The Morgan fingerprint density at radius 1 is 1.14 bits per heavy atom. The van der Waals surface area contributed by atoms with Crippen molar-refractivity contribution in [3.8, 4) is 0 Å². The van der Waals surface area contributed by atoms with Crippen LogP contribution in [0.5, 0.6) is 0 Å². The molecular formula is C33H49NO8. The van der Waals surface area contributed by atoms with E-state index < -0.39 is 37.3 Å². The molecule has 0 aromatic carbocycles. The molecule has 0 aromatic rings. The van der Waals surface area contributed by atoms with Gasteiger partial charge >= 0.3 is 0 Å². The number of rotatable bonds is 3. The lowest BCUT2D eigenvalue weighted by molar-refractivity contribution is -0.341. The lowest BCUT2D eigenvalue weighted by Gasteiger charge is -2.49. The molecule has 0 radical (unpaired) electrons. The quantitative estimate of drug-likeness (QED) is 0.315. The van der Waals surface area contributed by atoms with Crippen molar-refractivity contribution in [3.63, 3.8) is 0 Å². The summed E-state index contributed by atoms with van der Waals surface area (Å²) in [6, 6.07) is 0.345. The molecule has 234 valence electrons. The molecule has 3 aliphatic heterocycles. The summed E-state index contributed by atoms with van der Waals surface area (Å²) < 4.78 is 18.7. The van der Waals surface area contributed by atoms with Gasteiger partial charge in [0, 0.05) is 23.5 Å². The molecule has 7 aliphatic rings. The number of hydrogen-bond acceptors (Lipinski definition) is 9. The molecule has 4 aliphatic carbocycles. The fraction of sp³-hybridized carbons (Fsp3) is 0.848. The molecule has 0 unspecified atom stereocenters. The highest BCUT2D eigenvalue weighted by Gasteiger charge is 2.63. The molecule has 0 amide bonds. The van der Waals surface area contributed by atoms with Crippen molar-refractivity contribution in [1.29, 1.82) is 0 Å². The highest BCUT2D eigenvalue weighted by Crippen LogP contribution is 2.64. The minimum atomic E-state index is -1.58. The van der Waals surface area contributed by atoms with E-state index in [4.69, 9.17) is 14.2 Å². The van der Waals surface area contributed by atoms with E-state index in [1.54, 1.807) is 0 Å². The second-order valence-electron chi connectivity index (χ2n) is 14.9. The third-order valence-electron chi connectivity index (χ3n) is 12.8. The first-order valence-electron chi connectivity index (χ1n) is 16.3. The first kappa shape index (κ1) is 29.5. The summed E-state index contributed by atoms with van der Waals surface area (Å²) in [5.74, 6) is 0.961. The maximum absolute atomic E-state index is 14.5. The van der Waals surface area contributed by atoms with Crippen molar-refractivity contribution in [3.05, 3.63) is 22.8 Å². The number of aliphatic hydroxyl groups is 4. The summed E-state index contributed by atoms with van der Waals surface area (Å²) in [4.78, 5) is 14.5. The Labute approximate surface area is 248 Å². The number of hydrogen-bond donors (Lipinski definition) is 5. The van der Waals surface area contributed by atoms with Gasteiger partial charge < -0.3 is 40.0 Å². The topological polar surface area (TPSA) is 138 Å². The Morgan fingerprint density at radius 3 is 2.69 bits per heavy atom. The van der Waals surface area contributed by atoms with Crippen LogP contribution in [0, 0.1) is 40.9 Å². The first-order chi connectivity index (χ1) is 20.0. The number of aliphatic hydroxyl groups excluding tert-OH is 4. The van der Waals surface area contributed by atoms with Gasteiger partial charge in [0.25, 0.3) is 0 Å². The van der Waals surface area contributed by atoms with Crippen molar-refractivity contribution in [2.45, 2.75) is 121 Å². The van der Waals surface area contributed by atoms with Crippen LogP contribution in [0.15, 0.2) is 22.8 Å². The number of ketones is 1. The summed E-state index contributed by atoms with van der Waals surface area (Å²) in [5.41, 5.74) is 2.90. The average molecular weight is 588 g/mol. The van der Waals surface area contributed by atoms with E-state index in [-0.39, 0.29) is 35.1 Å². The Balaban J connectivity index is 1.11. The molecule has 9 nitrogen and oxygen atoms in total. The van der Waals surface area contributed by atoms with Crippen molar-refractivity contribution in [2.75, 3.05) is 13.2 Å². The third-order valence-corrected chi connectivity index (χ3v) is 12.8. The molecule has 0 aromatic heterocycles. The molecule has 3 heterocycles. The van der Waals surface area contributed by atoms with Gasteiger partial charge in [-0.15, -0.1) is 0 Å². The Hall–Kier alpha value is -1.17. The second-order valence-corrected chi connectivity index (χ2v) is 14.9. The van der Waals surface area contributed by atoms with Crippen LogP contribution < -0.4 is 5.32 Å². The fourth-order valence-electron chi connectivity index (χ4n) is 10.4. The summed E-state index contributed by atoms with van der Waals surface area (Å²) in [6.07, 6.45) is 2.96. The van der Waals surface area contributed by atoms with Crippen molar-refractivity contribution >= 4 is 5.78 Å². The van der Waals surface area contributed by atoms with Crippen LogP contribution in [-0.2, 0) is 19.0 Å². The zero-order valence-corrected chi connectivity index (χ0v) is 25.4. The van der Waals surface area contributed by atoms with Gasteiger partial charge in [0.15, 0.2) is 18.4 Å². The molecule has 15 atom stereocenters. The van der Waals surface area contributed by atoms with Gasteiger partial charge in [0.2, 0.25) is 0 Å². The first-order valence-corrected chi connectivity index (χ1v) is 16.3. The molecule has 3 saturated heterocycles. The van der Waals surface area contributed by atoms with Gasteiger partial charge in [-0.25, -0.2) is 0 Å². The number of fused-ring (bicyclic) bond motifs is 6. The maximum atomic E-state index is 14.5. The highest BCUT2D eigenvalue weighted by atomic mass is 16.7. The van der Waals surface area contributed by atoms with E-state index in [0.717, 1.165) is 44.2 Å². The van der Waals surface area contributed by atoms with Crippen molar-refractivity contribution in [1.82, 2.24) is 5.32 Å². The fourth-order valence-corrected chi connectivity index (χ4v) is 10.4. The highest BCUT2D eigenvalue weighted by molar-refractivity contribution is 6.02. The van der Waals surface area contributed by atoms with Crippen LogP contribution in [0.1, 0.15) is 72.6 Å². The summed E-state index contributed by atoms with van der Waals surface area (Å²) in [6.45, 7) is 9.65. The predicted molar refractivity (Wildman–Crippen MR) is 153 cm³/mol. The Bertz CT molecular complexity index is 1170. The van der Waals surface area contributed by atoms with E-state index in [1.807, 2.05) is 0 Å². The number of ether oxygens (including phenoxy) is 3. The molecule has 0 bridgehead atoms. The van der Waals surface area contributed by atoms with Gasteiger partial charge in [0.1, 0.15) is 6.10 Å². The number of carbonyl (C=O) groups excluding carboxylic acids is 1. The number of nitrogens with one attached hydrogen (secondary N) is 1. The molecule has 42 heavy (non-hydrogen) atoms. The predicted octanol–water partition coefficient (Wildman–Crippen LogP) is 2.21. The minimum Gasteiger partial charge on any atom is -0.396 e. The van der Waals surface area contributed by atoms with E-state index >= 15 is 0 Å². The number of carbonyl (C=O) groups is 1. The maximum Gasteiger partial charge on any atom is 0.186 e. The molecule has 9 heteroatoms. The zero-order valence-electron chi connectivity index (χ0n) is 25.4. The van der Waals surface area contributed by atoms with Crippen LogP contribution >= 0.6 is 0 Å². The Kier molecular flexibility index (Phi) is 7.34. The molecule has 7 rings (SSSR count). The Morgan fingerprint density at radius 2 is 1.93 bits per heavy atom. The van der Waals surface area contributed by atoms with E-state index in [9.17, 15) is 25.2 Å². The molecule has 2 saturated carbocycles. The standard InChI is InChI=1S/C33H49NO8/c1-15-11-23-26(34-13-15)17(3)33(42-23)10-8-20-21-6-5-18-12-19(40-31-22(14-35)27(36)29(38)30(39)41-31)7-9-32(18,4)25(21)28(37)24(20)16(33)2/h5,15,17,19-23,25-27,29-31,34-36,38-39H,6-14H2,1-4H3/t15-,17-,19+,20-,21+,22-,23+,25-,26-,27+,29+,30-,31+,32-,33-/m0/s1. The SMILES string of the molecule is CC1=C2C(=O)[C@@H]3[C@H](CC=C4C[C@H](O[C@@H]5O[C@H](O)[C@H](O)[C@H](O)[C@@H]5CO)CC[C@@]43C)[C@@H]2CC[C@]12O[C@@H]1C[C@H](C)CN[C@H]1[C@@H]2C. The normalized spacial score (nSPS) is 53.9. The number of Topliss-reactive ketones (excluding diaryl/α,β-unsaturated/α-hetero) is 1. The van der Waals surface area contributed by atoms with Crippen molar-refractivity contribution < 1.29 is 39.4 Å². The van der Waals surface area contributed by atoms with E-state index in [2.05, 4.69) is 39.1 Å². The van der Waals surface area contributed by atoms with Gasteiger partial charge in [-0.1, -0.05) is 32.4 Å². The second kappa shape index (κ2) is 10.4. The van der Waals surface area contributed by atoms with Gasteiger partial charge in [0.05, 0.1) is 36.4 Å². The summed E-state index contributed by atoms with van der Waals surface area (Å²) in [5, 5.41) is 44.0. The minimum absolute atomic E-state index is 0.0457. The smallest absolute Gasteiger partial charge is 0.186 e. The molecule has 5 fully saturated rings. The molecule has 5 N–H and O–H groups in total. The zero-order chi connectivity index (χ0) is 29.7. The number of piperidine rings is 1. The van der Waals surface area contributed by atoms with Crippen molar-refractivity contribution in [2.24, 2.45) is 40.9 Å². The summed E-state index contributed by atoms with van der Waals surface area (Å²) in [7, 11) is 0. The monoisotopic (exact) mass is 587 g/mol. The lowest BCUT2D eigenvalue weighted by Crippen LogP contribution is -2.57. The lowest BCUT2D eigenvalue weighted by atomic mass is 9.56. The van der Waals surface area contributed by atoms with E-state index in [1.165, 1.54) is 11.1 Å². The third kappa shape index (κ3) is 4.14.